The van der Waals surface area contributed by atoms with E-state index in [4.69, 9.17) is 9.16 Å². The first-order valence-electron chi connectivity index (χ1n) is 5.66. The Balaban J connectivity index is 2.24. The largest absolute Gasteiger partial charge is 0.460 e. The van der Waals surface area contributed by atoms with Crippen LogP contribution in [0, 0.1) is 5.92 Å². The molecule has 0 aromatic rings. The Labute approximate surface area is 92.3 Å². The molecule has 2 aliphatic rings. The van der Waals surface area contributed by atoms with Crippen molar-refractivity contribution in [2.75, 3.05) is 6.61 Å². The summed E-state index contributed by atoms with van der Waals surface area (Å²) in [5.74, 6) is 0.101. The van der Waals surface area contributed by atoms with Crippen molar-refractivity contribution in [1.29, 1.82) is 0 Å². The van der Waals surface area contributed by atoms with E-state index >= 15 is 0 Å². The third-order valence-electron chi connectivity index (χ3n) is 4.18. The van der Waals surface area contributed by atoms with Crippen molar-refractivity contribution in [2.24, 2.45) is 5.92 Å². The molecule has 0 spiro atoms. The molecular formula is C11H20O3Si. The van der Waals surface area contributed by atoms with Crippen molar-refractivity contribution in [3.05, 3.63) is 0 Å². The summed E-state index contributed by atoms with van der Waals surface area (Å²) in [6.07, 6.45) is 1.79. The number of rotatable bonds is 0. The Bertz CT molecular complexity index is 286. The number of fused-ring (bicyclic) bond motifs is 2. The van der Waals surface area contributed by atoms with Gasteiger partial charge < -0.3 is 9.16 Å². The maximum atomic E-state index is 11.6. The molecule has 0 unspecified atom stereocenters. The number of carbonyl (C=O) groups excluding carboxylic acids is 1. The van der Waals surface area contributed by atoms with Crippen molar-refractivity contribution in [3.63, 3.8) is 0 Å². The van der Waals surface area contributed by atoms with Crippen molar-refractivity contribution in [3.8, 4) is 0 Å². The van der Waals surface area contributed by atoms with Gasteiger partial charge in [0.1, 0.15) is 6.10 Å². The molecule has 0 aliphatic carbocycles. The molecule has 4 heteroatoms. The van der Waals surface area contributed by atoms with Gasteiger partial charge in [-0.25, -0.2) is 0 Å². The van der Waals surface area contributed by atoms with E-state index in [0.29, 0.717) is 6.61 Å². The topological polar surface area (TPSA) is 35.5 Å². The predicted octanol–water partition coefficient (Wildman–Crippen LogP) is 2.32. The third kappa shape index (κ3) is 1.85. The van der Waals surface area contributed by atoms with E-state index in [0.717, 1.165) is 12.8 Å². The monoisotopic (exact) mass is 228 g/mol. The zero-order valence-electron chi connectivity index (χ0n) is 10.0. The molecule has 2 heterocycles. The number of carbonyl (C=O) groups is 1. The molecule has 2 fully saturated rings. The Kier molecular flexibility index (Phi) is 2.46. The van der Waals surface area contributed by atoms with Gasteiger partial charge in [0.15, 0.2) is 8.32 Å². The smallest absolute Gasteiger partial charge is 0.309 e. The fraction of sp³-hybridized carbons (Fsp3) is 0.909. The highest BCUT2D eigenvalue weighted by Gasteiger charge is 2.49. The van der Waals surface area contributed by atoms with Crippen LogP contribution in [0.1, 0.15) is 26.7 Å². The van der Waals surface area contributed by atoms with Gasteiger partial charge in [-0.3, -0.25) is 4.79 Å². The molecule has 0 saturated carbocycles. The van der Waals surface area contributed by atoms with Gasteiger partial charge in [0.25, 0.3) is 0 Å². The van der Waals surface area contributed by atoms with E-state index in [1.807, 2.05) is 0 Å². The molecule has 0 N–H and O–H groups in total. The van der Waals surface area contributed by atoms with Crippen LogP contribution in [0.15, 0.2) is 0 Å². The minimum atomic E-state index is -1.71. The summed E-state index contributed by atoms with van der Waals surface area (Å²) in [4.78, 5) is 11.6. The minimum Gasteiger partial charge on any atom is -0.460 e. The summed E-state index contributed by atoms with van der Waals surface area (Å²) in [5.41, 5.74) is 0. The van der Waals surface area contributed by atoms with Gasteiger partial charge in [-0.15, -0.1) is 0 Å². The summed E-state index contributed by atoms with van der Waals surface area (Å²) >= 11 is 0. The van der Waals surface area contributed by atoms with Crippen LogP contribution in [-0.2, 0) is 14.0 Å². The van der Waals surface area contributed by atoms with Gasteiger partial charge in [0.2, 0.25) is 0 Å². The Hall–Kier alpha value is -0.353. The first-order chi connectivity index (χ1) is 6.82. The van der Waals surface area contributed by atoms with E-state index in [-0.39, 0.29) is 23.0 Å². The highest BCUT2D eigenvalue weighted by atomic mass is 28.4. The lowest BCUT2D eigenvalue weighted by Crippen LogP contribution is -2.46. The van der Waals surface area contributed by atoms with Gasteiger partial charge >= 0.3 is 5.97 Å². The highest BCUT2D eigenvalue weighted by Crippen LogP contribution is 2.47. The van der Waals surface area contributed by atoms with E-state index < -0.39 is 8.32 Å². The Morgan fingerprint density at radius 2 is 2.07 bits per heavy atom. The highest BCUT2D eigenvalue weighted by molar-refractivity contribution is 6.74. The van der Waals surface area contributed by atoms with Crippen molar-refractivity contribution in [1.82, 2.24) is 0 Å². The average Bonchev–Trinajstić information content (AvgIpc) is 2.43. The van der Waals surface area contributed by atoms with Crippen LogP contribution in [0.4, 0.5) is 0 Å². The average molecular weight is 228 g/mol. The van der Waals surface area contributed by atoms with Gasteiger partial charge in [-0.2, -0.15) is 0 Å². The van der Waals surface area contributed by atoms with Gasteiger partial charge in [-0.05, 0) is 31.0 Å². The summed E-state index contributed by atoms with van der Waals surface area (Å²) in [6, 6.07) is 0. The summed E-state index contributed by atoms with van der Waals surface area (Å²) in [7, 11) is -1.71. The number of hydrogen-bond acceptors (Lipinski definition) is 3. The molecule has 2 atom stereocenters. The van der Waals surface area contributed by atoms with Gasteiger partial charge in [-0.1, -0.05) is 13.8 Å². The quantitative estimate of drug-likeness (QED) is 0.471. The van der Waals surface area contributed by atoms with Crippen molar-refractivity contribution >= 4 is 14.3 Å². The molecule has 15 heavy (non-hydrogen) atoms. The number of esters is 1. The van der Waals surface area contributed by atoms with Gasteiger partial charge in [0, 0.05) is 0 Å². The first kappa shape index (κ1) is 11.1. The Morgan fingerprint density at radius 3 is 2.73 bits per heavy atom. The SMILES string of the molecule is CC1(C)C[C@H]2C[C@@H](CO[Si]1(C)C)OC2=O. The second-order valence-electron chi connectivity index (χ2n) is 5.90. The second kappa shape index (κ2) is 3.32. The van der Waals surface area contributed by atoms with Crippen LogP contribution < -0.4 is 0 Å². The van der Waals surface area contributed by atoms with Crippen LogP contribution in [0.2, 0.25) is 18.1 Å². The van der Waals surface area contributed by atoms with Crippen molar-refractivity contribution in [2.45, 2.75) is 50.9 Å². The van der Waals surface area contributed by atoms with Crippen LogP contribution >= 0.6 is 0 Å². The molecule has 0 aromatic carbocycles. The maximum absolute atomic E-state index is 11.6. The predicted molar refractivity (Wildman–Crippen MR) is 60.1 cm³/mol. The molecule has 3 nitrogen and oxygen atoms in total. The lowest BCUT2D eigenvalue weighted by atomic mass is 9.93. The summed E-state index contributed by atoms with van der Waals surface area (Å²) < 4.78 is 11.3. The van der Waals surface area contributed by atoms with Crippen LogP contribution in [0.25, 0.3) is 0 Å². The molecule has 0 radical (unpaired) electrons. The lowest BCUT2D eigenvalue weighted by Gasteiger charge is -2.41. The van der Waals surface area contributed by atoms with Crippen LogP contribution in [-0.4, -0.2) is 27.0 Å². The number of ether oxygens (including phenoxy) is 1. The van der Waals surface area contributed by atoms with Gasteiger partial charge in [0.05, 0.1) is 12.5 Å². The van der Waals surface area contributed by atoms with E-state index in [1.165, 1.54) is 0 Å². The molecule has 2 saturated heterocycles. The molecule has 0 aromatic heterocycles. The lowest BCUT2D eigenvalue weighted by molar-refractivity contribution is -0.145. The Morgan fingerprint density at radius 1 is 1.40 bits per heavy atom. The fourth-order valence-electron chi connectivity index (χ4n) is 2.35. The third-order valence-corrected chi connectivity index (χ3v) is 8.53. The standard InChI is InChI=1S/C11H20O3Si/c1-11(2)6-8-5-9(14-10(8)12)7-13-15(11,3)4/h8-9H,5-7H2,1-4H3/t8-,9+/m1/s1. The molecule has 2 aliphatic heterocycles. The van der Waals surface area contributed by atoms with E-state index in [1.54, 1.807) is 0 Å². The normalized spacial score (nSPS) is 38.0. The van der Waals surface area contributed by atoms with Crippen LogP contribution in [0.3, 0.4) is 0 Å². The molecular weight excluding hydrogens is 208 g/mol. The summed E-state index contributed by atoms with van der Waals surface area (Å²) in [5, 5.41) is 0.145. The first-order valence-corrected chi connectivity index (χ1v) is 8.57. The minimum absolute atomic E-state index is 0.0108. The van der Waals surface area contributed by atoms with E-state index in [9.17, 15) is 4.79 Å². The molecule has 0 amide bonds. The molecule has 2 bridgehead atoms. The van der Waals surface area contributed by atoms with E-state index in [2.05, 4.69) is 26.9 Å². The zero-order valence-corrected chi connectivity index (χ0v) is 11.0. The molecule has 2 rings (SSSR count). The second-order valence-corrected chi connectivity index (χ2v) is 10.6. The van der Waals surface area contributed by atoms with Crippen LogP contribution in [0.5, 0.6) is 0 Å². The molecule has 86 valence electrons. The summed E-state index contributed by atoms with van der Waals surface area (Å²) in [6.45, 7) is 9.53. The zero-order chi connectivity index (χ0) is 11.3. The number of hydrogen-bond donors (Lipinski definition) is 0. The van der Waals surface area contributed by atoms with Crippen molar-refractivity contribution < 1.29 is 14.0 Å². The fourth-order valence-corrected chi connectivity index (χ4v) is 4.08. The maximum Gasteiger partial charge on any atom is 0.309 e.